The van der Waals surface area contributed by atoms with Crippen LogP contribution in [0.5, 0.6) is 0 Å². The Morgan fingerprint density at radius 3 is 2.24 bits per heavy atom. The molecule has 6 heteroatoms. The Labute approximate surface area is 125 Å². The number of imide groups is 1. The minimum absolute atomic E-state index is 0.131. The maximum absolute atomic E-state index is 12.1. The Kier molecular flexibility index (Phi) is 5.73. The Hall–Kier alpha value is -1.43. The maximum Gasteiger partial charge on any atom is 0.316 e. The minimum Gasteiger partial charge on any atom is -0.335 e. The first kappa shape index (κ1) is 15.9. The predicted molar refractivity (Wildman–Crippen MR) is 78.4 cm³/mol. The van der Waals surface area contributed by atoms with Crippen molar-refractivity contribution in [3.63, 3.8) is 0 Å². The van der Waals surface area contributed by atoms with E-state index in [-0.39, 0.29) is 17.9 Å². The van der Waals surface area contributed by atoms with Crippen LogP contribution in [0.25, 0.3) is 0 Å². The quantitative estimate of drug-likeness (QED) is 0.724. The van der Waals surface area contributed by atoms with Crippen LogP contribution in [0.4, 0.5) is 0 Å². The monoisotopic (exact) mass is 295 g/mol. The van der Waals surface area contributed by atoms with E-state index < -0.39 is 11.8 Å². The van der Waals surface area contributed by atoms with Gasteiger partial charge < -0.3 is 10.2 Å². The maximum atomic E-state index is 12.1. The fourth-order valence-corrected chi connectivity index (χ4v) is 3.15. The molecule has 0 atom stereocenters. The molecule has 6 nitrogen and oxygen atoms in total. The number of nitrogens with zero attached hydrogens (tertiary/aromatic N) is 1. The van der Waals surface area contributed by atoms with E-state index in [1.165, 1.54) is 11.3 Å². The summed E-state index contributed by atoms with van der Waals surface area (Å²) in [6.07, 6.45) is 6.70. The first-order valence-electron chi connectivity index (χ1n) is 7.92. The second-order valence-electron chi connectivity index (χ2n) is 6.05. The van der Waals surface area contributed by atoms with Crippen molar-refractivity contribution in [2.24, 2.45) is 5.92 Å². The van der Waals surface area contributed by atoms with Crippen LogP contribution in [0.1, 0.15) is 44.9 Å². The van der Waals surface area contributed by atoms with E-state index in [0.29, 0.717) is 12.8 Å². The number of likely N-dealkylation sites (N-methyl/N-ethyl adjacent to an activating group) is 1. The normalized spacial score (nSPS) is 20.8. The number of carbonyl (C=O) groups is 3. The molecule has 1 saturated carbocycles. The van der Waals surface area contributed by atoms with E-state index in [1.54, 1.807) is 7.05 Å². The van der Waals surface area contributed by atoms with E-state index in [0.717, 1.165) is 38.8 Å². The topological polar surface area (TPSA) is 78.5 Å². The van der Waals surface area contributed by atoms with Crippen LogP contribution in [0.2, 0.25) is 0 Å². The van der Waals surface area contributed by atoms with Gasteiger partial charge in [-0.1, -0.05) is 19.3 Å². The van der Waals surface area contributed by atoms with Crippen molar-refractivity contribution >= 4 is 17.7 Å². The van der Waals surface area contributed by atoms with E-state index in [4.69, 9.17) is 0 Å². The Morgan fingerprint density at radius 2 is 1.62 bits per heavy atom. The van der Waals surface area contributed by atoms with Crippen molar-refractivity contribution in [2.45, 2.75) is 51.0 Å². The number of piperidine rings is 1. The van der Waals surface area contributed by atoms with Gasteiger partial charge in [0.1, 0.15) is 0 Å². The molecule has 2 N–H and O–H groups in total. The molecule has 2 aliphatic rings. The zero-order valence-electron chi connectivity index (χ0n) is 12.7. The van der Waals surface area contributed by atoms with Gasteiger partial charge in [0.25, 0.3) is 0 Å². The molecule has 2 fully saturated rings. The van der Waals surface area contributed by atoms with E-state index in [9.17, 15) is 14.4 Å². The van der Waals surface area contributed by atoms with Crippen molar-refractivity contribution in [3.05, 3.63) is 0 Å². The smallest absolute Gasteiger partial charge is 0.316 e. The van der Waals surface area contributed by atoms with Crippen molar-refractivity contribution in [1.29, 1.82) is 0 Å². The van der Waals surface area contributed by atoms with Crippen LogP contribution in [0.3, 0.4) is 0 Å². The molecule has 0 unspecified atom stereocenters. The summed E-state index contributed by atoms with van der Waals surface area (Å²) in [5, 5.41) is 5.44. The third-order valence-corrected chi connectivity index (χ3v) is 4.58. The Morgan fingerprint density at radius 1 is 1.00 bits per heavy atom. The number of rotatable bonds is 2. The van der Waals surface area contributed by atoms with Crippen LogP contribution in [0.15, 0.2) is 0 Å². The van der Waals surface area contributed by atoms with Gasteiger partial charge in [-0.05, 0) is 38.8 Å². The summed E-state index contributed by atoms with van der Waals surface area (Å²) in [5.41, 5.74) is 0. The van der Waals surface area contributed by atoms with E-state index in [2.05, 4.69) is 10.6 Å². The first-order valence-corrected chi connectivity index (χ1v) is 7.92. The molecule has 1 heterocycles. The zero-order chi connectivity index (χ0) is 15.2. The fraction of sp³-hybridized carbons (Fsp3) is 0.800. The van der Waals surface area contributed by atoms with Gasteiger partial charge >= 0.3 is 11.8 Å². The molecular formula is C15H25N3O3. The molecule has 0 bridgehead atoms. The van der Waals surface area contributed by atoms with Crippen LogP contribution < -0.4 is 10.6 Å². The lowest BCUT2D eigenvalue weighted by Crippen LogP contribution is -2.49. The summed E-state index contributed by atoms with van der Waals surface area (Å²) in [5.74, 6) is -1.86. The third-order valence-electron chi connectivity index (χ3n) is 4.58. The molecule has 0 aromatic rings. The largest absolute Gasteiger partial charge is 0.335 e. The number of amides is 3. The van der Waals surface area contributed by atoms with Crippen molar-refractivity contribution in [1.82, 2.24) is 15.5 Å². The highest BCUT2D eigenvalue weighted by Crippen LogP contribution is 2.21. The second-order valence-corrected chi connectivity index (χ2v) is 6.05. The molecular weight excluding hydrogens is 270 g/mol. The van der Waals surface area contributed by atoms with Gasteiger partial charge in [-0.25, -0.2) is 0 Å². The van der Waals surface area contributed by atoms with Gasteiger partial charge in [0.05, 0.1) is 0 Å². The lowest BCUT2D eigenvalue weighted by atomic mass is 9.94. The molecule has 2 rings (SSSR count). The first-order chi connectivity index (χ1) is 10.1. The summed E-state index contributed by atoms with van der Waals surface area (Å²) in [7, 11) is 1.66. The van der Waals surface area contributed by atoms with Crippen LogP contribution in [-0.4, -0.2) is 48.8 Å². The second kappa shape index (κ2) is 7.54. The summed E-state index contributed by atoms with van der Waals surface area (Å²) in [6.45, 7) is 1.56. The molecule has 0 spiro atoms. The Bertz CT molecular complexity index is 399. The summed E-state index contributed by atoms with van der Waals surface area (Å²) in [6, 6.07) is 0.131. The lowest BCUT2D eigenvalue weighted by Gasteiger charge is -2.30. The molecule has 118 valence electrons. The van der Waals surface area contributed by atoms with Gasteiger partial charge in [0.2, 0.25) is 5.91 Å². The average molecular weight is 295 g/mol. The molecule has 0 aromatic carbocycles. The summed E-state index contributed by atoms with van der Waals surface area (Å²) in [4.78, 5) is 37.5. The van der Waals surface area contributed by atoms with Crippen molar-refractivity contribution in [2.75, 3.05) is 20.1 Å². The standard InChI is InChI=1S/C15H25N3O3/c1-18(12-5-3-2-4-6-12)15(21)14(20)17-13(19)11-7-9-16-10-8-11/h11-12,16H,2-10H2,1H3,(H,17,19,20). The number of hydrogen-bond acceptors (Lipinski definition) is 4. The van der Waals surface area contributed by atoms with Gasteiger partial charge in [0, 0.05) is 19.0 Å². The molecule has 3 amide bonds. The third kappa shape index (κ3) is 4.27. The van der Waals surface area contributed by atoms with Gasteiger partial charge in [0.15, 0.2) is 0 Å². The highest BCUT2D eigenvalue weighted by Gasteiger charge is 2.29. The van der Waals surface area contributed by atoms with Gasteiger partial charge in [-0.3, -0.25) is 19.7 Å². The number of carbonyl (C=O) groups excluding carboxylic acids is 3. The van der Waals surface area contributed by atoms with Crippen LogP contribution in [0, 0.1) is 5.92 Å². The predicted octanol–water partition coefficient (Wildman–Crippen LogP) is 0.420. The van der Waals surface area contributed by atoms with Crippen molar-refractivity contribution < 1.29 is 14.4 Å². The van der Waals surface area contributed by atoms with E-state index >= 15 is 0 Å². The summed E-state index contributed by atoms with van der Waals surface area (Å²) >= 11 is 0. The Balaban J connectivity index is 1.83. The lowest BCUT2D eigenvalue weighted by molar-refractivity contribution is -0.149. The molecule has 0 aromatic heterocycles. The SMILES string of the molecule is CN(C(=O)C(=O)NC(=O)C1CCNCC1)C1CCCCC1. The fourth-order valence-electron chi connectivity index (χ4n) is 3.15. The highest BCUT2D eigenvalue weighted by molar-refractivity contribution is 6.37. The number of hydrogen-bond donors (Lipinski definition) is 2. The van der Waals surface area contributed by atoms with Crippen LogP contribution >= 0.6 is 0 Å². The summed E-state index contributed by atoms with van der Waals surface area (Å²) < 4.78 is 0. The van der Waals surface area contributed by atoms with Gasteiger partial charge in [-0.15, -0.1) is 0 Å². The molecule has 1 aliphatic carbocycles. The molecule has 1 aliphatic heterocycles. The van der Waals surface area contributed by atoms with Crippen LogP contribution in [-0.2, 0) is 14.4 Å². The average Bonchev–Trinajstić information content (AvgIpc) is 2.55. The number of nitrogens with one attached hydrogen (secondary N) is 2. The highest BCUT2D eigenvalue weighted by atomic mass is 16.2. The van der Waals surface area contributed by atoms with Gasteiger partial charge in [-0.2, -0.15) is 0 Å². The van der Waals surface area contributed by atoms with Crippen molar-refractivity contribution in [3.8, 4) is 0 Å². The minimum atomic E-state index is -0.786. The molecule has 1 saturated heterocycles. The molecule has 21 heavy (non-hydrogen) atoms. The molecule has 0 radical (unpaired) electrons. The zero-order valence-corrected chi connectivity index (χ0v) is 12.7. The van der Waals surface area contributed by atoms with E-state index in [1.807, 2.05) is 0 Å².